The van der Waals surface area contributed by atoms with Crippen LogP contribution >= 0.6 is 11.6 Å². The van der Waals surface area contributed by atoms with Crippen LogP contribution in [0.1, 0.15) is 90.0 Å². The summed E-state index contributed by atoms with van der Waals surface area (Å²) >= 11 is 6.47. The minimum Gasteiger partial charge on any atom is -0.386 e. The van der Waals surface area contributed by atoms with Gasteiger partial charge in [-0.1, -0.05) is 0 Å². The smallest absolute Gasteiger partial charge is 0.148 e. The van der Waals surface area contributed by atoms with E-state index in [4.69, 9.17) is 16.3 Å². The van der Waals surface area contributed by atoms with Crippen LogP contribution in [0.4, 0.5) is 15.8 Å². The molecule has 1 atom stereocenters. The van der Waals surface area contributed by atoms with Crippen molar-refractivity contribution in [1.29, 1.82) is 0 Å². The highest BCUT2D eigenvalue weighted by molar-refractivity contribution is 6.24. The van der Waals surface area contributed by atoms with Crippen LogP contribution in [0.5, 0.6) is 0 Å². The predicted molar refractivity (Wildman–Crippen MR) is 135 cm³/mol. The first kappa shape index (κ1) is 27.2. The highest BCUT2D eigenvalue weighted by atomic mass is 35.5. The van der Waals surface area contributed by atoms with E-state index in [0.717, 1.165) is 0 Å². The molecule has 2 rings (SSSR count). The molecule has 0 spiro atoms. The van der Waals surface area contributed by atoms with E-state index in [1.165, 1.54) is 6.07 Å². The van der Waals surface area contributed by atoms with Gasteiger partial charge in [0.2, 0.25) is 0 Å². The van der Waals surface area contributed by atoms with Crippen LogP contribution in [-0.4, -0.2) is 43.4 Å². The molecular weight excluding hydrogens is 427 g/mol. The number of hydrogen-bond acceptors (Lipinski definition) is 4. The van der Waals surface area contributed by atoms with Gasteiger partial charge in [0.15, 0.2) is 0 Å². The summed E-state index contributed by atoms with van der Waals surface area (Å²) in [7, 11) is 0. The Hall–Kier alpha value is -1.04. The molecule has 1 saturated heterocycles. The second-order valence-corrected chi connectivity index (χ2v) is 13.5. The molecule has 1 aromatic carbocycles. The molecule has 1 fully saturated rings. The molecule has 0 unspecified atom stereocenters. The van der Waals surface area contributed by atoms with Gasteiger partial charge >= 0.3 is 0 Å². The van der Waals surface area contributed by atoms with Crippen molar-refractivity contribution in [2.75, 3.05) is 10.2 Å². The third kappa shape index (κ3) is 4.03. The number of nitrogens with zero attached hydrogens (tertiary/aromatic N) is 1. The zero-order valence-electron chi connectivity index (χ0n) is 22.3. The maximum absolute atomic E-state index is 15.7. The van der Waals surface area contributed by atoms with Crippen LogP contribution in [0.15, 0.2) is 18.2 Å². The average molecular weight is 471 g/mol. The summed E-state index contributed by atoms with van der Waals surface area (Å²) in [5.74, 6) is -0.328. The standard InChI is InChI=1S/C26H44ClFN2O2/c1-20(2,27)26(13,31)21(3,4)29-17-14-15-19(18(28)16-17)30-22(5,6)24(9,10)32-25(11,12)23(30,7)8/h14-16,29,31H,1-13H3/t26-/m0/s1. The number of rotatable bonds is 5. The van der Waals surface area contributed by atoms with Crippen molar-refractivity contribution in [2.45, 2.75) is 128 Å². The molecule has 0 aliphatic carbocycles. The Balaban J connectivity index is 2.54. The number of ether oxygens (including phenoxy) is 1. The number of nitrogens with one attached hydrogen (secondary N) is 1. The zero-order chi connectivity index (χ0) is 25.3. The molecule has 0 radical (unpaired) electrons. The molecule has 0 saturated carbocycles. The molecule has 0 aromatic heterocycles. The van der Waals surface area contributed by atoms with Crippen molar-refractivity contribution in [1.82, 2.24) is 0 Å². The lowest BCUT2D eigenvalue weighted by Gasteiger charge is -2.67. The molecule has 1 aliphatic rings. The molecule has 184 valence electrons. The molecular formula is C26H44ClFN2O2. The van der Waals surface area contributed by atoms with Crippen molar-refractivity contribution >= 4 is 23.0 Å². The Labute approximate surface area is 199 Å². The van der Waals surface area contributed by atoms with Gasteiger partial charge in [-0.15, -0.1) is 11.6 Å². The fourth-order valence-electron chi connectivity index (χ4n) is 4.72. The minimum absolute atomic E-state index is 0.328. The third-order valence-electron chi connectivity index (χ3n) is 8.60. The Morgan fingerprint density at radius 2 is 1.34 bits per heavy atom. The Morgan fingerprint density at radius 3 is 1.72 bits per heavy atom. The molecule has 4 nitrogen and oxygen atoms in total. The molecule has 1 aliphatic heterocycles. The van der Waals surface area contributed by atoms with E-state index in [2.05, 4.69) is 65.6 Å². The predicted octanol–water partition coefficient (Wildman–Crippen LogP) is 6.74. The van der Waals surface area contributed by atoms with E-state index < -0.39 is 38.3 Å². The Bertz CT molecular complexity index is 841. The van der Waals surface area contributed by atoms with Crippen molar-refractivity contribution in [3.63, 3.8) is 0 Å². The van der Waals surface area contributed by atoms with Crippen LogP contribution in [-0.2, 0) is 4.74 Å². The van der Waals surface area contributed by atoms with Crippen LogP contribution < -0.4 is 10.2 Å². The Kier molecular flexibility index (Phi) is 6.36. The van der Waals surface area contributed by atoms with E-state index in [9.17, 15) is 5.11 Å². The summed E-state index contributed by atoms with van der Waals surface area (Å²) in [6.07, 6.45) is 0. The third-order valence-corrected chi connectivity index (χ3v) is 8.96. The quantitative estimate of drug-likeness (QED) is 0.468. The van der Waals surface area contributed by atoms with E-state index in [-0.39, 0.29) is 5.82 Å². The molecule has 0 bridgehead atoms. The number of morpholine rings is 1. The highest BCUT2D eigenvalue weighted by Crippen LogP contribution is 2.52. The van der Waals surface area contributed by atoms with Crippen molar-refractivity contribution < 1.29 is 14.2 Å². The number of hydrogen-bond donors (Lipinski definition) is 2. The number of halogens is 2. The summed E-state index contributed by atoms with van der Waals surface area (Å²) in [6, 6.07) is 5.17. The lowest BCUT2D eigenvalue weighted by Crippen LogP contribution is -2.78. The van der Waals surface area contributed by atoms with Gasteiger partial charge in [0, 0.05) is 5.69 Å². The summed E-state index contributed by atoms with van der Waals surface area (Å²) in [6.45, 7) is 25.6. The lowest BCUT2D eigenvalue weighted by atomic mass is 9.71. The van der Waals surface area contributed by atoms with Gasteiger partial charge in [-0.3, -0.25) is 0 Å². The first-order valence-electron chi connectivity index (χ1n) is 11.4. The van der Waals surface area contributed by atoms with Crippen LogP contribution in [0.2, 0.25) is 0 Å². The fraction of sp³-hybridized carbons (Fsp3) is 0.769. The maximum Gasteiger partial charge on any atom is 0.148 e. The largest absolute Gasteiger partial charge is 0.386 e. The number of benzene rings is 1. The maximum atomic E-state index is 15.7. The molecule has 6 heteroatoms. The van der Waals surface area contributed by atoms with Crippen LogP contribution in [0.3, 0.4) is 0 Å². The second kappa shape index (κ2) is 7.48. The normalized spacial score (nSPS) is 24.1. The van der Waals surface area contributed by atoms with Gasteiger partial charge in [0.05, 0.1) is 38.4 Å². The van der Waals surface area contributed by atoms with Crippen LogP contribution in [0, 0.1) is 5.82 Å². The molecule has 1 aromatic rings. The monoisotopic (exact) mass is 470 g/mol. The minimum atomic E-state index is -1.26. The molecule has 0 amide bonds. The van der Waals surface area contributed by atoms with E-state index >= 15 is 4.39 Å². The van der Waals surface area contributed by atoms with Crippen LogP contribution in [0.25, 0.3) is 0 Å². The van der Waals surface area contributed by atoms with Crippen molar-refractivity contribution in [2.24, 2.45) is 0 Å². The highest BCUT2D eigenvalue weighted by Gasteiger charge is 2.60. The SMILES string of the molecule is CC1(C)OC(C)(C)C(C)(C)N(c2ccc(NC(C)(C)[C@@](C)(O)C(C)(C)Cl)cc2F)C1(C)C. The number of anilines is 2. The number of alkyl halides is 1. The average Bonchev–Trinajstić information content (AvgIpc) is 2.53. The Morgan fingerprint density at radius 1 is 0.906 bits per heavy atom. The van der Waals surface area contributed by atoms with Gasteiger partial charge in [-0.2, -0.15) is 0 Å². The molecule has 1 heterocycles. The zero-order valence-corrected chi connectivity index (χ0v) is 23.0. The molecule has 32 heavy (non-hydrogen) atoms. The first-order chi connectivity index (χ1) is 13.9. The first-order valence-corrected chi connectivity index (χ1v) is 11.8. The van der Waals surface area contributed by atoms with Gasteiger partial charge in [-0.05, 0) is 108 Å². The van der Waals surface area contributed by atoms with E-state index in [1.54, 1.807) is 20.8 Å². The topological polar surface area (TPSA) is 44.7 Å². The summed E-state index contributed by atoms with van der Waals surface area (Å²) < 4.78 is 22.2. The van der Waals surface area contributed by atoms with Gasteiger partial charge in [0.25, 0.3) is 0 Å². The fourth-order valence-corrected chi connectivity index (χ4v) is 4.96. The lowest BCUT2D eigenvalue weighted by molar-refractivity contribution is -0.214. The van der Waals surface area contributed by atoms with Gasteiger partial charge in [0.1, 0.15) is 11.4 Å². The second-order valence-electron chi connectivity index (χ2n) is 12.5. The summed E-state index contributed by atoms with van der Waals surface area (Å²) in [5, 5.41) is 14.4. The van der Waals surface area contributed by atoms with E-state index in [1.807, 2.05) is 26.0 Å². The van der Waals surface area contributed by atoms with E-state index in [0.29, 0.717) is 11.4 Å². The number of aliphatic hydroxyl groups is 1. The summed E-state index contributed by atoms with van der Waals surface area (Å²) in [5.41, 5.74) is -2.95. The summed E-state index contributed by atoms with van der Waals surface area (Å²) in [4.78, 5) is 1.27. The van der Waals surface area contributed by atoms with Gasteiger partial charge < -0.3 is 20.1 Å². The van der Waals surface area contributed by atoms with Gasteiger partial charge in [-0.25, -0.2) is 4.39 Å². The van der Waals surface area contributed by atoms with Crippen molar-refractivity contribution in [3.05, 3.63) is 24.0 Å². The molecule has 2 N–H and O–H groups in total. The van der Waals surface area contributed by atoms with Crippen molar-refractivity contribution in [3.8, 4) is 0 Å².